The van der Waals surface area contributed by atoms with Crippen molar-refractivity contribution in [3.05, 3.63) is 64.7 Å². The molecule has 2 aromatic carbocycles. The van der Waals surface area contributed by atoms with Gasteiger partial charge < -0.3 is 20.1 Å². The second-order valence-corrected chi connectivity index (χ2v) is 5.87. The van der Waals surface area contributed by atoms with Crippen molar-refractivity contribution in [2.75, 3.05) is 27.8 Å². The highest BCUT2D eigenvalue weighted by molar-refractivity contribution is 6.30. The Morgan fingerprint density at radius 1 is 1.12 bits per heavy atom. The minimum atomic E-state index is -0.117. The molecule has 6 heteroatoms. The normalized spacial score (nSPS) is 12.6. The highest BCUT2D eigenvalue weighted by Crippen LogP contribution is 2.19. The van der Waals surface area contributed by atoms with Crippen molar-refractivity contribution in [3.8, 4) is 5.75 Å². The maximum absolute atomic E-state index is 6.06. The second-order valence-electron chi connectivity index (χ2n) is 5.44. The van der Waals surface area contributed by atoms with Gasteiger partial charge in [-0.15, -0.1) is 0 Å². The number of aliphatic imine (C=N–C) groups is 1. The quantitative estimate of drug-likeness (QED) is 0.586. The molecule has 0 aliphatic carbocycles. The molecule has 0 amide bonds. The van der Waals surface area contributed by atoms with Crippen molar-refractivity contribution in [3.63, 3.8) is 0 Å². The highest BCUT2D eigenvalue weighted by Gasteiger charge is 2.11. The Morgan fingerprint density at radius 2 is 1.92 bits per heavy atom. The minimum absolute atomic E-state index is 0.117. The van der Waals surface area contributed by atoms with Gasteiger partial charge in [-0.25, -0.2) is 0 Å². The molecule has 5 nitrogen and oxygen atoms in total. The summed E-state index contributed by atoms with van der Waals surface area (Å²) in [6.07, 6.45) is -0.117. The molecule has 134 valence electrons. The van der Waals surface area contributed by atoms with E-state index in [1.165, 1.54) is 0 Å². The smallest absolute Gasteiger partial charge is 0.191 e. The summed E-state index contributed by atoms with van der Waals surface area (Å²) in [4.78, 5) is 4.24. The first-order chi connectivity index (χ1) is 12.2. The van der Waals surface area contributed by atoms with Crippen LogP contribution in [0.2, 0.25) is 5.02 Å². The van der Waals surface area contributed by atoms with Crippen LogP contribution in [0.1, 0.15) is 17.2 Å². The third-order valence-electron chi connectivity index (χ3n) is 3.78. The van der Waals surface area contributed by atoms with E-state index >= 15 is 0 Å². The van der Waals surface area contributed by atoms with Crippen LogP contribution in [0.25, 0.3) is 0 Å². The van der Waals surface area contributed by atoms with Crippen molar-refractivity contribution in [2.24, 2.45) is 4.99 Å². The van der Waals surface area contributed by atoms with Crippen LogP contribution >= 0.6 is 11.6 Å². The molecule has 2 aromatic rings. The largest absolute Gasteiger partial charge is 0.497 e. The van der Waals surface area contributed by atoms with E-state index in [0.717, 1.165) is 16.9 Å². The maximum Gasteiger partial charge on any atom is 0.191 e. The molecule has 0 aromatic heterocycles. The lowest BCUT2D eigenvalue weighted by Gasteiger charge is -2.19. The molecule has 2 rings (SSSR count). The molecular formula is C19H24ClN3O2. The van der Waals surface area contributed by atoms with Gasteiger partial charge in [-0.05, 0) is 35.4 Å². The molecule has 25 heavy (non-hydrogen) atoms. The third-order valence-corrected chi connectivity index (χ3v) is 4.01. The zero-order valence-electron chi connectivity index (χ0n) is 14.8. The molecule has 0 aliphatic heterocycles. The zero-order chi connectivity index (χ0) is 18.1. The fourth-order valence-corrected chi connectivity index (χ4v) is 2.62. The molecule has 2 N–H and O–H groups in total. The first-order valence-electron chi connectivity index (χ1n) is 8.02. The summed E-state index contributed by atoms with van der Waals surface area (Å²) in [5, 5.41) is 7.25. The lowest BCUT2D eigenvalue weighted by Crippen LogP contribution is -2.39. The van der Waals surface area contributed by atoms with E-state index in [1.54, 1.807) is 21.3 Å². The van der Waals surface area contributed by atoms with Crippen LogP contribution in [0.15, 0.2) is 53.5 Å². The molecule has 0 saturated heterocycles. The summed E-state index contributed by atoms with van der Waals surface area (Å²) < 4.78 is 10.8. The molecular weight excluding hydrogens is 338 g/mol. The predicted octanol–water partition coefficient (Wildman–Crippen LogP) is 3.40. The standard InChI is InChI=1S/C19H24ClN3O2/c1-21-19(22-12-14-6-4-9-17(10-14)24-2)23-13-18(25-3)15-7-5-8-16(20)11-15/h4-11,18H,12-13H2,1-3H3,(H2,21,22,23). The van der Waals surface area contributed by atoms with Gasteiger partial charge in [-0.1, -0.05) is 35.9 Å². The molecule has 1 unspecified atom stereocenters. The number of guanidine groups is 1. The van der Waals surface area contributed by atoms with E-state index < -0.39 is 0 Å². The zero-order valence-corrected chi connectivity index (χ0v) is 15.5. The van der Waals surface area contributed by atoms with Crippen molar-refractivity contribution in [2.45, 2.75) is 12.6 Å². The van der Waals surface area contributed by atoms with Crippen molar-refractivity contribution < 1.29 is 9.47 Å². The van der Waals surface area contributed by atoms with E-state index in [2.05, 4.69) is 15.6 Å². The highest BCUT2D eigenvalue weighted by atomic mass is 35.5. The molecule has 1 atom stereocenters. The number of nitrogens with one attached hydrogen (secondary N) is 2. The second kappa shape index (κ2) is 9.91. The van der Waals surface area contributed by atoms with Crippen LogP contribution in [-0.4, -0.2) is 33.8 Å². The van der Waals surface area contributed by atoms with Crippen LogP contribution < -0.4 is 15.4 Å². The first kappa shape index (κ1) is 19.1. The third kappa shape index (κ3) is 5.96. The number of rotatable bonds is 7. The van der Waals surface area contributed by atoms with Gasteiger partial charge in [0.2, 0.25) is 0 Å². The van der Waals surface area contributed by atoms with Crippen LogP contribution in [0, 0.1) is 0 Å². The Hall–Kier alpha value is -2.24. The lowest BCUT2D eigenvalue weighted by atomic mass is 10.1. The summed E-state index contributed by atoms with van der Waals surface area (Å²) in [5.74, 6) is 1.54. The van der Waals surface area contributed by atoms with Crippen LogP contribution in [0.4, 0.5) is 0 Å². The van der Waals surface area contributed by atoms with E-state index in [1.807, 2.05) is 48.5 Å². The Bertz CT molecular complexity index is 707. The van der Waals surface area contributed by atoms with Gasteiger partial charge in [0.25, 0.3) is 0 Å². The maximum atomic E-state index is 6.06. The fraction of sp³-hybridized carbons (Fsp3) is 0.316. The van der Waals surface area contributed by atoms with Crippen LogP contribution in [-0.2, 0) is 11.3 Å². The SMILES string of the molecule is CN=C(NCc1cccc(OC)c1)NCC(OC)c1cccc(Cl)c1. The molecule has 0 heterocycles. The average Bonchev–Trinajstić information content (AvgIpc) is 2.65. The molecule has 0 spiro atoms. The number of hydrogen-bond donors (Lipinski definition) is 2. The van der Waals surface area contributed by atoms with Crippen molar-refractivity contribution in [1.82, 2.24) is 10.6 Å². The lowest BCUT2D eigenvalue weighted by molar-refractivity contribution is 0.106. The van der Waals surface area contributed by atoms with Gasteiger partial charge in [0.1, 0.15) is 5.75 Å². The number of hydrogen-bond acceptors (Lipinski definition) is 3. The fourth-order valence-electron chi connectivity index (χ4n) is 2.42. The Balaban J connectivity index is 1.90. The topological polar surface area (TPSA) is 54.9 Å². The van der Waals surface area contributed by atoms with Crippen LogP contribution in [0.3, 0.4) is 0 Å². The summed E-state index contributed by atoms with van der Waals surface area (Å²) in [6.45, 7) is 1.22. The Labute approximate surface area is 154 Å². The van der Waals surface area contributed by atoms with Gasteiger partial charge in [0.05, 0.1) is 13.2 Å². The first-order valence-corrected chi connectivity index (χ1v) is 8.39. The summed E-state index contributed by atoms with van der Waals surface area (Å²) in [5.41, 5.74) is 2.13. The van der Waals surface area contributed by atoms with E-state index in [9.17, 15) is 0 Å². The Kier molecular flexibility index (Phi) is 7.57. The minimum Gasteiger partial charge on any atom is -0.497 e. The van der Waals surface area contributed by atoms with Gasteiger partial charge >= 0.3 is 0 Å². The van der Waals surface area contributed by atoms with E-state index in [4.69, 9.17) is 21.1 Å². The number of methoxy groups -OCH3 is 2. The van der Waals surface area contributed by atoms with Crippen molar-refractivity contribution in [1.29, 1.82) is 0 Å². The predicted molar refractivity (Wildman–Crippen MR) is 102 cm³/mol. The average molecular weight is 362 g/mol. The number of benzene rings is 2. The number of halogens is 1. The number of ether oxygens (including phenoxy) is 2. The number of nitrogens with zero attached hydrogens (tertiary/aromatic N) is 1. The molecule has 0 saturated carbocycles. The van der Waals surface area contributed by atoms with Gasteiger partial charge in [-0.2, -0.15) is 0 Å². The van der Waals surface area contributed by atoms with Crippen LogP contribution in [0.5, 0.6) is 5.75 Å². The monoisotopic (exact) mass is 361 g/mol. The van der Waals surface area contributed by atoms with Gasteiger partial charge in [-0.3, -0.25) is 4.99 Å². The van der Waals surface area contributed by atoms with E-state index in [0.29, 0.717) is 24.1 Å². The molecule has 0 bridgehead atoms. The summed E-state index contributed by atoms with van der Waals surface area (Å²) in [6, 6.07) is 15.6. The molecule has 0 aliphatic rings. The van der Waals surface area contributed by atoms with E-state index in [-0.39, 0.29) is 6.10 Å². The molecule has 0 fully saturated rings. The van der Waals surface area contributed by atoms with Gasteiger partial charge in [0, 0.05) is 32.3 Å². The summed E-state index contributed by atoms with van der Waals surface area (Å²) in [7, 11) is 5.08. The van der Waals surface area contributed by atoms with Crippen molar-refractivity contribution >= 4 is 17.6 Å². The Morgan fingerprint density at radius 3 is 2.60 bits per heavy atom. The summed E-state index contributed by atoms with van der Waals surface area (Å²) >= 11 is 6.06. The molecule has 0 radical (unpaired) electrons. The van der Waals surface area contributed by atoms with Gasteiger partial charge in [0.15, 0.2) is 5.96 Å².